The van der Waals surface area contributed by atoms with E-state index in [1.54, 1.807) is 0 Å². The van der Waals surface area contributed by atoms with Crippen molar-refractivity contribution < 1.29 is 0 Å². The molecule has 2 aromatic carbocycles. The minimum atomic E-state index is 0.467. The van der Waals surface area contributed by atoms with Gasteiger partial charge in [-0.1, -0.05) is 55.0 Å². The quantitative estimate of drug-likeness (QED) is 0.689. The molecule has 0 saturated heterocycles. The third-order valence-corrected chi connectivity index (χ3v) is 3.61. The highest BCUT2D eigenvalue weighted by molar-refractivity contribution is 5.37. The van der Waals surface area contributed by atoms with E-state index in [0.29, 0.717) is 5.92 Å². The smallest absolute Gasteiger partial charge is 0.00611 e. The Kier molecular flexibility index (Phi) is 3.33. The SMILES string of the molecule is Cc1ccc(C(C)c2ccc(C)c(C)c2)cc1. The fourth-order valence-corrected chi connectivity index (χ4v) is 2.08. The fraction of sp³-hybridized carbons (Fsp3) is 0.294. The summed E-state index contributed by atoms with van der Waals surface area (Å²) in [4.78, 5) is 0. The molecule has 2 aromatic rings. The second-order valence-corrected chi connectivity index (χ2v) is 4.98. The molecule has 1 atom stereocenters. The zero-order valence-electron chi connectivity index (χ0n) is 11.1. The molecule has 0 aliphatic heterocycles. The van der Waals surface area contributed by atoms with Gasteiger partial charge in [0.2, 0.25) is 0 Å². The molecule has 0 spiro atoms. The van der Waals surface area contributed by atoms with Gasteiger partial charge in [-0.05, 0) is 43.0 Å². The molecule has 88 valence electrons. The summed E-state index contributed by atoms with van der Waals surface area (Å²) in [6, 6.07) is 15.6. The van der Waals surface area contributed by atoms with Crippen molar-refractivity contribution >= 4 is 0 Å². The van der Waals surface area contributed by atoms with Crippen LogP contribution >= 0.6 is 0 Å². The molecule has 17 heavy (non-hydrogen) atoms. The zero-order valence-corrected chi connectivity index (χ0v) is 11.1. The summed E-state index contributed by atoms with van der Waals surface area (Å²) >= 11 is 0. The molecule has 0 aliphatic carbocycles. The third kappa shape index (κ3) is 2.58. The van der Waals surface area contributed by atoms with Crippen LogP contribution < -0.4 is 0 Å². The van der Waals surface area contributed by atoms with E-state index in [1.807, 2.05) is 0 Å². The van der Waals surface area contributed by atoms with Gasteiger partial charge in [0.05, 0.1) is 0 Å². The second kappa shape index (κ2) is 4.75. The van der Waals surface area contributed by atoms with E-state index in [1.165, 1.54) is 27.8 Å². The molecule has 0 fully saturated rings. The van der Waals surface area contributed by atoms with Gasteiger partial charge in [-0.25, -0.2) is 0 Å². The van der Waals surface area contributed by atoms with Crippen LogP contribution in [-0.2, 0) is 0 Å². The van der Waals surface area contributed by atoms with E-state index in [0.717, 1.165) is 0 Å². The van der Waals surface area contributed by atoms with Gasteiger partial charge < -0.3 is 0 Å². The average molecular weight is 224 g/mol. The predicted molar refractivity (Wildman–Crippen MR) is 74.6 cm³/mol. The Morgan fingerprint density at radius 2 is 1.29 bits per heavy atom. The Morgan fingerprint density at radius 1 is 0.706 bits per heavy atom. The first-order valence-corrected chi connectivity index (χ1v) is 6.21. The number of hydrogen-bond acceptors (Lipinski definition) is 0. The van der Waals surface area contributed by atoms with Crippen LogP contribution in [0.3, 0.4) is 0 Å². The average Bonchev–Trinajstić information content (AvgIpc) is 2.33. The molecule has 2 rings (SSSR count). The summed E-state index contributed by atoms with van der Waals surface area (Å²) in [5.74, 6) is 0.467. The van der Waals surface area contributed by atoms with Crippen LogP contribution in [0.4, 0.5) is 0 Å². The van der Waals surface area contributed by atoms with Gasteiger partial charge in [-0.3, -0.25) is 0 Å². The topological polar surface area (TPSA) is 0 Å². The van der Waals surface area contributed by atoms with E-state index in [4.69, 9.17) is 0 Å². The highest BCUT2D eigenvalue weighted by Gasteiger charge is 2.08. The number of aryl methyl sites for hydroxylation is 3. The monoisotopic (exact) mass is 224 g/mol. The summed E-state index contributed by atoms with van der Waals surface area (Å²) in [7, 11) is 0. The summed E-state index contributed by atoms with van der Waals surface area (Å²) < 4.78 is 0. The number of benzene rings is 2. The highest BCUT2D eigenvalue weighted by atomic mass is 14.1. The summed E-state index contributed by atoms with van der Waals surface area (Å²) in [5.41, 5.74) is 6.85. The second-order valence-electron chi connectivity index (χ2n) is 4.98. The first-order chi connectivity index (χ1) is 8.08. The van der Waals surface area contributed by atoms with Crippen molar-refractivity contribution in [3.05, 3.63) is 70.3 Å². The van der Waals surface area contributed by atoms with E-state index in [9.17, 15) is 0 Å². The standard InChI is InChI=1S/C17H20/c1-12-5-8-16(9-6-12)15(4)17-10-7-13(2)14(3)11-17/h5-11,15H,1-4H3. The molecule has 0 bridgehead atoms. The maximum absolute atomic E-state index is 2.31. The number of rotatable bonds is 2. The minimum Gasteiger partial charge on any atom is -0.0590 e. The van der Waals surface area contributed by atoms with Crippen molar-refractivity contribution in [3.63, 3.8) is 0 Å². The van der Waals surface area contributed by atoms with Gasteiger partial charge in [-0.15, -0.1) is 0 Å². The maximum Gasteiger partial charge on any atom is 0.00611 e. The Morgan fingerprint density at radius 3 is 1.88 bits per heavy atom. The van der Waals surface area contributed by atoms with Gasteiger partial charge in [0, 0.05) is 5.92 Å². The van der Waals surface area contributed by atoms with Gasteiger partial charge in [0.1, 0.15) is 0 Å². The summed E-state index contributed by atoms with van der Waals surface area (Å²) in [6.07, 6.45) is 0. The molecule has 0 aromatic heterocycles. The normalized spacial score (nSPS) is 12.5. The van der Waals surface area contributed by atoms with Crippen molar-refractivity contribution in [2.24, 2.45) is 0 Å². The molecular weight excluding hydrogens is 204 g/mol. The van der Waals surface area contributed by atoms with Crippen LogP contribution in [0, 0.1) is 20.8 Å². The summed E-state index contributed by atoms with van der Waals surface area (Å²) in [5, 5.41) is 0. The van der Waals surface area contributed by atoms with Crippen molar-refractivity contribution in [2.75, 3.05) is 0 Å². The third-order valence-electron chi connectivity index (χ3n) is 3.61. The zero-order chi connectivity index (χ0) is 12.4. The lowest BCUT2D eigenvalue weighted by atomic mass is 9.91. The molecule has 0 heterocycles. The molecular formula is C17H20. The lowest BCUT2D eigenvalue weighted by Gasteiger charge is -2.14. The minimum absolute atomic E-state index is 0.467. The van der Waals surface area contributed by atoms with Crippen LogP contribution in [0.25, 0.3) is 0 Å². The van der Waals surface area contributed by atoms with E-state index < -0.39 is 0 Å². The maximum atomic E-state index is 2.31. The molecule has 0 heteroatoms. The van der Waals surface area contributed by atoms with Crippen molar-refractivity contribution in [1.29, 1.82) is 0 Å². The van der Waals surface area contributed by atoms with E-state index >= 15 is 0 Å². The predicted octanol–water partition coefficient (Wildman–Crippen LogP) is 4.76. The lowest BCUT2D eigenvalue weighted by Crippen LogP contribution is -1.97. The van der Waals surface area contributed by atoms with Gasteiger partial charge >= 0.3 is 0 Å². The molecule has 0 N–H and O–H groups in total. The van der Waals surface area contributed by atoms with Crippen molar-refractivity contribution in [1.82, 2.24) is 0 Å². The molecule has 0 amide bonds. The Bertz CT molecular complexity index is 506. The van der Waals surface area contributed by atoms with Gasteiger partial charge in [0.15, 0.2) is 0 Å². The Hall–Kier alpha value is -1.56. The van der Waals surface area contributed by atoms with Crippen LogP contribution in [0.5, 0.6) is 0 Å². The first-order valence-electron chi connectivity index (χ1n) is 6.21. The van der Waals surface area contributed by atoms with Crippen molar-refractivity contribution in [2.45, 2.75) is 33.6 Å². The summed E-state index contributed by atoms with van der Waals surface area (Å²) in [6.45, 7) is 8.75. The molecule has 0 aliphatic rings. The highest BCUT2D eigenvalue weighted by Crippen LogP contribution is 2.25. The van der Waals surface area contributed by atoms with Crippen LogP contribution in [0.15, 0.2) is 42.5 Å². The van der Waals surface area contributed by atoms with E-state index in [-0.39, 0.29) is 0 Å². The largest absolute Gasteiger partial charge is 0.0590 e. The molecule has 0 saturated carbocycles. The molecule has 0 nitrogen and oxygen atoms in total. The lowest BCUT2D eigenvalue weighted by molar-refractivity contribution is 0.917. The Labute approximate surface area is 104 Å². The molecule has 0 radical (unpaired) electrons. The van der Waals surface area contributed by atoms with Crippen LogP contribution in [-0.4, -0.2) is 0 Å². The fourth-order valence-electron chi connectivity index (χ4n) is 2.08. The molecule has 1 unspecified atom stereocenters. The number of hydrogen-bond donors (Lipinski definition) is 0. The van der Waals surface area contributed by atoms with Crippen LogP contribution in [0.2, 0.25) is 0 Å². The van der Waals surface area contributed by atoms with Crippen molar-refractivity contribution in [3.8, 4) is 0 Å². The van der Waals surface area contributed by atoms with E-state index in [2.05, 4.69) is 70.2 Å². The van der Waals surface area contributed by atoms with Gasteiger partial charge in [-0.2, -0.15) is 0 Å². The first kappa shape index (κ1) is 11.9. The Balaban J connectivity index is 2.33. The van der Waals surface area contributed by atoms with Crippen LogP contribution in [0.1, 0.15) is 40.7 Å². The van der Waals surface area contributed by atoms with Gasteiger partial charge in [0.25, 0.3) is 0 Å².